The number of hydrogen-bond donors (Lipinski definition) is 0. The summed E-state index contributed by atoms with van der Waals surface area (Å²) in [5.74, 6) is 2.77. The number of ether oxygens (including phenoxy) is 2. The fourth-order valence-electron chi connectivity index (χ4n) is 10.7. The van der Waals surface area contributed by atoms with Gasteiger partial charge in [0.1, 0.15) is 0 Å². The van der Waals surface area contributed by atoms with Crippen molar-refractivity contribution in [2.45, 2.75) is 0 Å². The van der Waals surface area contributed by atoms with Crippen molar-refractivity contribution in [1.82, 2.24) is 4.57 Å². The maximum absolute atomic E-state index is 6.50. The summed E-state index contributed by atoms with van der Waals surface area (Å²) >= 11 is 0. The van der Waals surface area contributed by atoms with Crippen molar-refractivity contribution < 1.29 is 9.47 Å². The van der Waals surface area contributed by atoms with E-state index < -0.39 is 0 Å². The van der Waals surface area contributed by atoms with E-state index in [9.17, 15) is 0 Å². The highest BCUT2D eigenvalue weighted by Gasteiger charge is 2.22. The molecule has 0 bridgehead atoms. The van der Waals surface area contributed by atoms with Gasteiger partial charge >= 0.3 is 0 Å². The topological polar surface area (TPSA) is 26.6 Å². The van der Waals surface area contributed by atoms with Crippen LogP contribution in [-0.2, 0) is 0 Å². The van der Waals surface area contributed by atoms with Gasteiger partial charge in [-0.1, -0.05) is 170 Å². The summed E-state index contributed by atoms with van der Waals surface area (Å²) in [5, 5.41) is 7.29. The first kappa shape index (κ1) is 41.3. The van der Waals surface area contributed by atoms with Crippen molar-refractivity contribution in [2.24, 2.45) is 0 Å². The second kappa shape index (κ2) is 17.1. The summed E-state index contributed by atoms with van der Waals surface area (Å²) in [7, 11) is 0. The zero-order valence-electron chi connectivity index (χ0n) is 39.1. The second-order valence-corrected chi connectivity index (χ2v) is 18.5. The first-order valence-electron chi connectivity index (χ1n) is 24.5. The van der Waals surface area contributed by atoms with Gasteiger partial charge in [0.25, 0.3) is 0 Å². The van der Waals surface area contributed by atoms with Crippen molar-refractivity contribution in [2.75, 3.05) is 4.90 Å². The molecule has 2 heterocycles. The van der Waals surface area contributed by atoms with Gasteiger partial charge in [-0.15, -0.1) is 0 Å². The van der Waals surface area contributed by atoms with Crippen molar-refractivity contribution in [3.05, 3.63) is 267 Å². The first-order chi connectivity index (χ1) is 35.6. The number of rotatable bonds is 8. The zero-order valence-corrected chi connectivity index (χ0v) is 39.1. The van der Waals surface area contributed by atoms with Crippen LogP contribution in [0.5, 0.6) is 23.0 Å². The Hall–Kier alpha value is -9.64. The smallest absolute Gasteiger partial charge is 0.170 e. The summed E-state index contributed by atoms with van der Waals surface area (Å²) in [6.45, 7) is 0. The van der Waals surface area contributed by atoms with Gasteiger partial charge in [0.05, 0.1) is 16.7 Å². The molecule has 12 aromatic carbocycles. The van der Waals surface area contributed by atoms with Crippen LogP contribution in [0.25, 0.3) is 93.5 Å². The Labute approximate surface area is 417 Å². The van der Waals surface area contributed by atoms with E-state index >= 15 is 0 Å². The molecule has 0 radical (unpaired) electrons. The number of fused-ring (bicyclic) bond motifs is 7. The molecular weight excluding hydrogens is 877 g/mol. The largest absolute Gasteiger partial charge is 0.450 e. The lowest BCUT2D eigenvalue weighted by Gasteiger charge is -2.28. The van der Waals surface area contributed by atoms with Crippen molar-refractivity contribution in [3.8, 4) is 73.2 Å². The fourth-order valence-corrected chi connectivity index (χ4v) is 10.7. The summed E-state index contributed by atoms with van der Waals surface area (Å²) in [4.78, 5) is 2.42. The van der Waals surface area contributed by atoms with E-state index in [1.807, 2.05) is 30.3 Å². The van der Waals surface area contributed by atoms with E-state index in [4.69, 9.17) is 9.47 Å². The summed E-state index contributed by atoms with van der Waals surface area (Å²) < 4.78 is 15.3. The average molecular weight is 921 g/mol. The number of nitrogens with zero attached hydrogens (tertiary/aromatic N) is 2. The van der Waals surface area contributed by atoms with Crippen LogP contribution >= 0.6 is 0 Å². The molecule has 0 saturated heterocycles. The van der Waals surface area contributed by atoms with Gasteiger partial charge in [-0.05, 0) is 158 Å². The van der Waals surface area contributed by atoms with Crippen LogP contribution in [0.1, 0.15) is 0 Å². The number of para-hydroxylation sites is 5. The van der Waals surface area contributed by atoms with Crippen LogP contribution in [0.15, 0.2) is 267 Å². The van der Waals surface area contributed by atoms with Gasteiger partial charge in [-0.2, -0.15) is 0 Å². The third kappa shape index (κ3) is 7.24. The van der Waals surface area contributed by atoms with Gasteiger partial charge in [0, 0.05) is 33.4 Å². The molecule has 1 aliphatic heterocycles. The third-order valence-corrected chi connectivity index (χ3v) is 14.2. The maximum atomic E-state index is 6.50. The van der Waals surface area contributed by atoms with E-state index in [2.05, 4.69) is 246 Å². The molecule has 338 valence electrons. The van der Waals surface area contributed by atoms with Gasteiger partial charge in [0.2, 0.25) is 0 Å². The third-order valence-electron chi connectivity index (χ3n) is 14.2. The lowest BCUT2D eigenvalue weighted by Crippen LogP contribution is -2.11. The first-order valence-corrected chi connectivity index (χ1v) is 24.5. The summed E-state index contributed by atoms with van der Waals surface area (Å²) in [5.41, 5.74) is 15.4. The number of aromatic nitrogens is 1. The molecule has 0 fully saturated rings. The van der Waals surface area contributed by atoms with Crippen molar-refractivity contribution in [1.29, 1.82) is 0 Å². The predicted molar refractivity (Wildman–Crippen MR) is 299 cm³/mol. The van der Waals surface area contributed by atoms with Gasteiger partial charge in [-0.3, -0.25) is 0 Å². The minimum absolute atomic E-state index is 0.679. The van der Waals surface area contributed by atoms with E-state index in [1.54, 1.807) is 0 Å². The second-order valence-electron chi connectivity index (χ2n) is 18.5. The van der Waals surface area contributed by atoms with Crippen LogP contribution in [0.2, 0.25) is 0 Å². The molecular formula is C68H44N2O2. The minimum atomic E-state index is 0.679. The zero-order chi connectivity index (χ0) is 47.5. The van der Waals surface area contributed by atoms with Crippen LogP contribution < -0.4 is 14.4 Å². The standard InChI is InChI=1S/C68H44N2O2/c1-3-17-47-37-50(33-31-45(47)15-1)49-19-13-21-56(40-49)69(57-22-14-20-53(41-57)59-23-5-8-26-62(59)70-63-27-9-6-24-60(63)61-25-7-10-28-64(61)70)58-42-54(51-34-32-46-16-2-4-18-48(46)38-51)39-55(43-58)52-35-36-67-68(44-52)72-66-30-12-11-29-65(66)71-67/h1-44H. The summed E-state index contributed by atoms with van der Waals surface area (Å²) in [6, 6.07) is 95.9. The molecule has 0 unspecified atom stereocenters. The van der Waals surface area contributed by atoms with Crippen LogP contribution in [0.4, 0.5) is 17.1 Å². The Bertz CT molecular complexity index is 4210. The molecule has 0 atom stereocenters. The number of hydrogen-bond acceptors (Lipinski definition) is 3. The molecule has 0 saturated carbocycles. The molecule has 0 N–H and O–H groups in total. The van der Waals surface area contributed by atoms with Crippen molar-refractivity contribution >= 4 is 60.4 Å². The molecule has 72 heavy (non-hydrogen) atoms. The average Bonchev–Trinajstić information content (AvgIpc) is 3.78. The van der Waals surface area contributed by atoms with Crippen molar-refractivity contribution in [3.63, 3.8) is 0 Å². The van der Waals surface area contributed by atoms with E-state index in [0.717, 1.165) is 67.3 Å². The highest BCUT2D eigenvalue weighted by Crippen LogP contribution is 2.48. The van der Waals surface area contributed by atoms with E-state index in [1.165, 1.54) is 43.4 Å². The molecule has 1 aliphatic rings. The molecule has 13 aromatic rings. The quantitative estimate of drug-likeness (QED) is 0.152. The Morgan fingerprint density at radius 2 is 0.722 bits per heavy atom. The Kier molecular flexibility index (Phi) is 9.82. The molecule has 14 rings (SSSR count). The molecule has 0 spiro atoms. The number of anilines is 3. The SMILES string of the molecule is c1cc(-c2ccc3ccccc3c2)cc(N(c2cc(-c3ccc4c(c3)Oc3ccccc3O4)cc(-c3ccc4ccccc4c3)c2)c2cccc(-c3ccccc3-n3c4ccccc4c4ccccc43)c2)c1. The van der Waals surface area contributed by atoms with Crippen LogP contribution in [0.3, 0.4) is 0 Å². The molecule has 4 nitrogen and oxygen atoms in total. The Morgan fingerprint density at radius 1 is 0.264 bits per heavy atom. The van der Waals surface area contributed by atoms with Gasteiger partial charge in [0.15, 0.2) is 23.0 Å². The van der Waals surface area contributed by atoms with Gasteiger partial charge in [-0.25, -0.2) is 0 Å². The summed E-state index contributed by atoms with van der Waals surface area (Å²) in [6.07, 6.45) is 0. The van der Waals surface area contributed by atoms with E-state index in [0.29, 0.717) is 23.0 Å². The Morgan fingerprint density at radius 3 is 1.39 bits per heavy atom. The maximum Gasteiger partial charge on any atom is 0.170 e. The van der Waals surface area contributed by atoms with E-state index in [-0.39, 0.29) is 0 Å². The normalized spacial score (nSPS) is 11.8. The lowest BCUT2D eigenvalue weighted by molar-refractivity contribution is 0.360. The molecule has 0 aliphatic carbocycles. The molecule has 1 aromatic heterocycles. The van der Waals surface area contributed by atoms with Crippen LogP contribution in [0, 0.1) is 0 Å². The monoisotopic (exact) mass is 920 g/mol. The highest BCUT2D eigenvalue weighted by atomic mass is 16.6. The minimum Gasteiger partial charge on any atom is -0.450 e. The number of benzene rings is 12. The molecule has 4 heteroatoms. The highest BCUT2D eigenvalue weighted by molar-refractivity contribution is 6.10. The van der Waals surface area contributed by atoms with Crippen LogP contribution in [-0.4, -0.2) is 4.57 Å². The molecule has 0 amide bonds. The lowest BCUT2D eigenvalue weighted by atomic mass is 9.95. The van der Waals surface area contributed by atoms with Gasteiger partial charge < -0.3 is 18.9 Å². The predicted octanol–water partition coefficient (Wildman–Crippen LogP) is 19.1. The fraction of sp³-hybridized carbons (Fsp3) is 0. The Balaban J connectivity index is 0.978.